The summed E-state index contributed by atoms with van der Waals surface area (Å²) in [6.45, 7) is 6.29. The lowest BCUT2D eigenvalue weighted by Crippen LogP contribution is -2.49. The number of carbonyl (C=O) groups excluding carboxylic acids is 5. The molecule has 0 spiro atoms. The van der Waals surface area contributed by atoms with Crippen LogP contribution in [0.5, 0.6) is 0 Å². The monoisotopic (exact) mass is 478 g/mol. The molecular weight excluding hydrogens is 440 g/mol. The average molecular weight is 479 g/mol. The Kier molecular flexibility index (Phi) is 9.44. The van der Waals surface area contributed by atoms with E-state index in [2.05, 4.69) is 24.1 Å². The minimum Gasteiger partial charge on any atom is -0.354 e. The van der Waals surface area contributed by atoms with Crippen molar-refractivity contribution < 1.29 is 28.8 Å². The summed E-state index contributed by atoms with van der Waals surface area (Å²) in [4.78, 5) is 68.8. The van der Waals surface area contributed by atoms with Crippen molar-refractivity contribution in [3.63, 3.8) is 0 Å². The molecule has 190 valence electrons. The maximum Gasteiger partial charge on any atom is 0.333 e. The van der Waals surface area contributed by atoms with Crippen LogP contribution in [0.3, 0.4) is 0 Å². The lowest BCUT2D eigenvalue weighted by molar-refractivity contribution is -0.197. The summed E-state index contributed by atoms with van der Waals surface area (Å²) in [6.07, 6.45) is 6.20. The number of carbonyl (C=O) groups is 5. The number of hydrogen-bond donors (Lipinski definition) is 1. The molecule has 3 saturated heterocycles. The number of amides is 4. The van der Waals surface area contributed by atoms with Crippen molar-refractivity contribution in [1.82, 2.24) is 20.2 Å². The summed E-state index contributed by atoms with van der Waals surface area (Å²) in [5, 5.41) is 3.47. The van der Waals surface area contributed by atoms with E-state index in [0.29, 0.717) is 49.7 Å². The molecule has 34 heavy (non-hydrogen) atoms. The van der Waals surface area contributed by atoms with E-state index in [1.807, 2.05) is 4.90 Å². The van der Waals surface area contributed by atoms with E-state index in [-0.39, 0.29) is 43.4 Å². The molecular formula is C24H38N4O6. The van der Waals surface area contributed by atoms with Gasteiger partial charge in [0.25, 0.3) is 11.8 Å². The number of hydroxylamine groups is 2. The number of piperidine rings is 2. The first-order valence-corrected chi connectivity index (χ1v) is 12.6. The van der Waals surface area contributed by atoms with Crippen LogP contribution in [0.2, 0.25) is 0 Å². The molecule has 0 bridgehead atoms. The van der Waals surface area contributed by atoms with Crippen LogP contribution in [0.4, 0.5) is 0 Å². The standard InChI is InChI=1S/C24H38N4O6/c1-17-4-3-5-18(2)27(17)16-20(29)25-13-10-21(30)26-14-11-19(12-15-26)6-9-24(33)34-28-22(31)7-8-23(28)32/h17-19H,3-16H2,1-2H3,(H,25,29). The fourth-order valence-corrected chi connectivity index (χ4v) is 5.07. The number of nitrogens with one attached hydrogen (secondary N) is 1. The number of nitrogens with zero attached hydrogens (tertiary/aromatic N) is 3. The molecule has 0 aromatic carbocycles. The maximum absolute atomic E-state index is 12.5. The van der Waals surface area contributed by atoms with E-state index in [9.17, 15) is 24.0 Å². The van der Waals surface area contributed by atoms with Gasteiger partial charge in [-0.25, -0.2) is 4.79 Å². The van der Waals surface area contributed by atoms with E-state index < -0.39 is 17.8 Å². The second-order valence-electron chi connectivity index (χ2n) is 9.81. The number of rotatable bonds is 9. The van der Waals surface area contributed by atoms with Crippen LogP contribution >= 0.6 is 0 Å². The number of imide groups is 1. The molecule has 10 heteroatoms. The molecule has 1 N–H and O–H groups in total. The van der Waals surface area contributed by atoms with Crippen LogP contribution in [0.1, 0.15) is 78.1 Å². The molecule has 3 fully saturated rings. The van der Waals surface area contributed by atoms with Crippen molar-refractivity contribution in [1.29, 1.82) is 0 Å². The summed E-state index contributed by atoms with van der Waals surface area (Å²) >= 11 is 0. The topological polar surface area (TPSA) is 116 Å². The summed E-state index contributed by atoms with van der Waals surface area (Å²) in [5.41, 5.74) is 0. The molecule has 2 atom stereocenters. The van der Waals surface area contributed by atoms with Gasteiger partial charge in [-0.1, -0.05) is 6.42 Å². The third kappa shape index (κ3) is 7.25. The van der Waals surface area contributed by atoms with E-state index >= 15 is 0 Å². The van der Waals surface area contributed by atoms with Gasteiger partial charge in [-0.05, 0) is 51.9 Å². The van der Waals surface area contributed by atoms with Crippen LogP contribution < -0.4 is 5.32 Å². The number of hydrogen-bond acceptors (Lipinski definition) is 7. The Bertz CT molecular complexity index is 753. The summed E-state index contributed by atoms with van der Waals surface area (Å²) in [5.74, 6) is -1.24. The van der Waals surface area contributed by atoms with E-state index in [1.54, 1.807) is 0 Å². The van der Waals surface area contributed by atoms with E-state index in [4.69, 9.17) is 4.84 Å². The van der Waals surface area contributed by atoms with Crippen LogP contribution in [0.15, 0.2) is 0 Å². The zero-order chi connectivity index (χ0) is 24.7. The van der Waals surface area contributed by atoms with Gasteiger partial charge in [-0.15, -0.1) is 5.06 Å². The highest BCUT2D eigenvalue weighted by atomic mass is 16.7. The lowest BCUT2D eigenvalue weighted by Gasteiger charge is -2.38. The van der Waals surface area contributed by atoms with Crippen LogP contribution in [0.25, 0.3) is 0 Å². The SMILES string of the molecule is CC1CCCC(C)N1CC(=O)NCCC(=O)N1CCC(CCC(=O)ON2C(=O)CCC2=O)CC1. The molecule has 3 aliphatic heterocycles. The number of likely N-dealkylation sites (tertiary alicyclic amines) is 2. The van der Waals surface area contributed by atoms with Gasteiger partial charge >= 0.3 is 5.97 Å². The zero-order valence-electron chi connectivity index (χ0n) is 20.4. The van der Waals surface area contributed by atoms with Crippen molar-refractivity contribution in [3.8, 4) is 0 Å². The highest BCUT2D eigenvalue weighted by Gasteiger charge is 2.33. The van der Waals surface area contributed by atoms with Gasteiger partial charge in [0.2, 0.25) is 11.8 Å². The molecule has 3 heterocycles. The zero-order valence-corrected chi connectivity index (χ0v) is 20.4. The fourth-order valence-electron chi connectivity index (χ4n) is 5.07. The van der Waals surface area contributed by atoms with E-state index in [0.717, 1.165) is 25.7 Å². The van der Waals surface area contributed by atoms with E-state index in [1.165, 1.54) is 6.42 Å². The normalized spacial score (nSPS) is 24.4. The van der Waals surface area contributed by atoms with Gasteiger partial charge in [-0.3, -0.25) is 24.1 Å². The van der Waals surface area contributed by atoms with Crippen LogP contribution in [-0.4, -0.2) is 82.7 Å². The summed E-state index contributed by atoms with van der Waals surface area (Å²) in [6, 6.07) is 0.814. The quantitative estimate of drug-likeness (QED) is 0.498. The van der Waals surface area contributed by atoms with Gasteiger partial charge in [-0.2, -0.15) is 0 Å². The second kappa shape index (κ2) is 12.3. The summed E-state index contributed by atoms with van der Waals surface area (Å²) in [7, 11) is 0. The maximum atomic E-state index is 12.5. The Morgan fingerprint density at radius 2 is 1.56 bits per heavy atom. The van der Waals surface area contributed by atoms with Gasteiger partial charge < -0.3 is 15.1 Å². The third-order valence-corrected chi connectivity index (χ3v) is 7.29. The Labute approximate surface area is 201 Å². The predicted molar refractivity (Wildman–Crippen MR) is 123 cm³/mol. The Morgan fingerprint density at radius 3 is 2.18 bits per heavy atom. The van der Waals surface area contributed by atoms with Crippen molar-refractivity contribution >= 4 is 29.6 Å². The van der Waals surface area contributed by atoms with Gasteiger partial charge in [0.15, 0.2) is 0 Å². The fraction of sp³-hybridized carbons (Fsp3) is 0.792. The minimum atomic E-state index is -0.578. The largest absolute Gasteiger partial charge is 0.354 e. The molecule has 0 radical (unpaired) electrons. The van der Waals surface area contributed by atoms with Gasteiger partial charge in [0.05, 0.1) is 6.54 Å². The smallest absolute Gasteiger partial charge is 0.333 e. The van der Waals surface area contributed by atoms with Crippen molar-refractivity contribution in [2.45, 2.75) is 90.1 Å². The highest BCUT2D eigenvalue weighted by Crippen LogP contribution is 2.24. The molecule has 10 nitrogen and oxygen atoms in total. The first-order chi connectivity index (χ1) is 16.2. The van der Waals surface area contributed by atoms with Gasteiger partial charge in [0.1, 0.15) is 0 Å². The minimum absolute atomic E-state index is 0.0312. The molecule has 3 rings (SSSR count). The highest BCUT2D eigenvalue weighted by molar-refractivity contribution is 6.01. The molecule has 3 aliphatic rings. The molecule has 0 aliphatic carbocycles. The molecule has 4 amide bonds. The summed E-state index contributed by atoms with van der Waals surface area (Å²) < 4.78 is 0. The molecule has 0 aromatic heterocycles. The molecule has 0 aromatic rings. The van der Waals surface area contributed by atoms with Gasteiger partial charge in [0, 0.05) is 57.4 Å². The Hall–Kier alpha value is -2.49. The average Bonchev–Trinajstić information content (AvgIpc) is 3.12. The first-order valence-electron chi connectivity index (χ1n) is 12.6. The van der Waals surface area contributed by atoms with Crippen molar-refractivity contribution in [3.05, 3.63) is 0 Å². The Balaban J connectivity index is 1.28. The second-order valence-corrected chi connectivity index (χ2v) is 9.81. The molecule has 2 unspecified atom stereocenters. The lowest BCUT2D eigenvalue weighted by atomic mass is 9.92. The first kappa shape index (κ1) is 26.1. The van der Waals surface area contributed by atoms with Crippen LogP contribution in [-0.2, 0) is 28.8 Å². The Morgan fingerprint density at radius 1 is 0.941 bits per heavy atom. The van der Waals surface area contributed by atoms with Crippen LogP contribution in [0, 0.1) is 5.92 Å². The van der Waals surface area contributed by atoms with Crippen molar-refractivity contribution in [2.75, 3.05) is 26.2 Å². The third-order valence-electron chi connectivity index (χ3n) is 7.29. The van der Waals surface area contributed by atoms with Crippen molar-refractivity contribution in [2.24, 2.45) is 5.92 Å². The molecule has 0 saturated carbocycles. The predicted octanol–water partition coefficient (Wildman–Crippen LogP) is 1.38.